The van der Waals surface area contributed by atoms with Gasteiger partial charge >= 0.3 is 6.18 Å². The Balaban J connectivity index is 1.78. The molecule has 4 heterocycles. The van der Waals surface area contributed by atoms with Gasteiger partial charge in [0.25, 0.3) is 5.91 Å². The molecular weight excluding hydrogens is 427 g/mol. The van der Waals surface area contributed by atoms with Crippen molar-refractivity contribution in [2.75, 3.05) is 5.32 Å². The molecule has 0 fully saturated rings. The van der Waals surface area contributed by atoms with Gasteiger partial charge in [0.2, 0.25) is 0 Å². The molecule has 0 radical (unpaired) electrons. The normalized spacial score (nSPS) is 11.8. The number of fused-ring (bicyclic) bond motifs is 1. The predicted molar refractivity (Wildman–Crippen MR) is 103 cm³/mol. The van der Waals surface area contributed by atoms with Gasteiger partial charge in [-0.05, 0) is 42.8 Å². The molecule has 6 nitrogen and oxygen atoms in total. The van der Waals surface area contributed by atoms with Gasteiger partial charge in [-0.1, -0.05) is 11.6 Å². The lowest BCUT2D eigenvalue weighted by atomic mass is 10.2. The summed E-state index contributed by atoms with van der Waals surface area (Å²) in [5, 5.41) is 6.33. The molecule has 0 aliphatic heterocycles. The van der Waals surface area contributed by atoms with Crippen LogP contribution in [0.25, 0.3) is 16.2 Å². The summed E-state index contributed by atoms with van der Waals surface area (Å²) in [6, 6.07) is 8.61. The second-order valence-electron chi connectivity index (χ2n) is 6.10. The first-order valence-corrected chi connectivity index (χ1v) is 9.38. The number of nitrogens with one attached hydrogen (secondary N) is 1. The maximum absolute atomic E-state index is 13.6. The number of alkyl halides is 3. The van der Waals surface area contributed by atoms with Gasteiger partial charge in [0.1, 0.15) is 5.82 Å². The Bertz CT molecular complexity index is 1230. The molecule has 0 aliphatic rings. The van der Waals surface area contributed by atoms with Crippen molar-refractivity contribution in [2.24, 2.45) is 0 Å². The van der Waals surface area contributed by atoms with Gasteiger partial charge in [-0.3, -0.25) is 4.79 Å². The molecule has 4 rings (SSSR count). The van der Waals surface area contributed by atoms with E-state index in [0.717, 1.165) is 23.0 Å². The summed E-state index contributed by atoms with van der Waals surface area (Å²) >= 11 is 6.99. The summed E-state index contributed by atoms with van der Waals surface area (Å²) < 4.78 is 41.8. The second-order valence-corrected chi connectivity index (χ2v) is 7.82. The third-order valence-electron chi connectivity index (χ3n) is 3.93. The molecule has 0 saturated carbocycles. The maximum atomic E-state index is 13.6. The average Bonchev–Trinajstić information content (AvgIpc) is 3.26. The van der Waals surface area contributed by atoms with Gasteiger partial charge in [0.15, 0.2) is 17.0 Å². The molecule has 1 amide bonds. The largest absolute Gasteiger partial charge is 0.433 e. The molecule has 11 heteroatoms. The summed E-state index contributed by atoms with van der Waals surface area (Å²) in [7, 11) is 0. The van der Waals surface area contributed by atoms with E-state index in [1.807, 2.05) is 6.92 Å². The Kier molecular flexibility index (Phi) is 4.75. The number of rotatable bonds is 3. The average molecular weight is 438 g/mol. The highest BCUT2D eigenvalue weighted by molar-refractivity contribution is 7.19. The molecule has 0 spiro atoms. The van der Waals surface area contributed by atoms with Crippen LogP contribution in [0.5, 0.6) is 0 Å². The lowest BCUT2D eigenvalue weighted by Gasteiger charge is -2.10. The molecule has 4 aromatic rings. The highest BCUT2D eigenvalue weighted by Crippen LogP contribution is 2.35. The molecule has 0 unspecified atom stereocenters. The molecule has 0 saturated heterocycles. The number of halogens is 4. The van der Waals surface area contributed by atoms with Crippen LogP contribution in [0.4, 0.5) is 19.0 Å². The second kappa shape index (κ2) is 7.12. The molecule has 0 bridgehead atoms. The third-order valence-corrected chi connectivity index (χ3v) is 5.19. The van der Waals surface area contributed by atoms with E-state index in [0.29, 0.717) is 13.7 Å². The van der Waals surface area contributed by atoms with Crippen molar-refractivity contribution < 1.29 is 18.0 Å². The standard InChI is InChI=1S/C18H11ClF3N5OS/c1-9-4-5-23-15(6-9)25-17(28)11-8-16-24-10(12-2-3-14(19)29-12)7-13(18(20,21)22)27(16)26-11/h2-8H,1H3,(H,23,25,28). The van der Waals surface area contributed by atoms with E-state index in [4.69, 9.17) is 11.6 Å². The molecule has 148 valence electrons. The van der Waals surface area contributed by atoms with Crippen molar-refractivity contribution in [3.05, 3.63) is 63.9 Å². The van der Waals surface area contributed by atoms with Crippen LogP contribution in [-0.2, 0) is 6.18 Å². The first kappa shape index (κ1) is 19.3. The lowest BCUT2D eigenvalue weighted by molar-refractivity contribution is -0.142. The van der Waals surface area contributed by atoms with Crippen LogP contribution in [0.1, 0.15) is 21.7 Å². The minimum Gasteiger partial charge on any atom is -0.305 e. The Labute approximate surface area is 171 Å². The van der Waals surface area contributed by atoms with E-state index < -0.39 is 17.8 Å². The lowest BCUT2D eigenvalue weighted by Crippen LogP contribution is -2.16. The zero-order valence-electron chi connectivity index (χ0n) is 14.7. The number of aryl methyl sites for hydroxylation is 1. The fourth-order valence-corrected chi connectivity index (χ4v) is 3.65. The topological polar surface area (TPSA) is 72.2 Å². The Morgan fingerprint density at radius 1 is 1.21 bits per heavy atom. The van der Waals surface area contributed by atoms with E-state index in [-0.39, 0.29) is 22.9 Å². The van der Waals surface area contributed by atoms with Crippen molar-refractivity contribution in [3.63, 3.8) is 0 Å². The van der Waals surface area contributed by atoms with E-state index in [2.05, 4.69) is 20.4 Å². The number of amides is 1. The van der Waals surface area contributed by atoms with Crippen LogP contribution in [-0.4, -0.2) is 25.5 Å². The minimum absolute atomic E-state index is 0.0916. The fourth-order valence-electron chi connectivity index (χ4n) is 2.65. The number of thiophene rings is 1. The number of anilines is 1. The van der Waals surface area contributed by atoms with Crippen LogP contribution in [0.15, 0.2) is 42.6 Å². The number of nitrogens with zero attached hydrogens (tertiary/aromatic N) is 4. The van der Waals surface area contributed by atoms with Gasteiger partial charge in [-0.2, -0.15) is 18.3 Å². The van der Waals surface area contributed by atoms with E-state index in [9.17, 15) is 18.0 Å². The first-order chi connectivity index (χ1) is 13.7. The van der Waals surface area contributed by atoms with Crippen molar-refractivity contribution >= 4 is 40.3 Å². The Morgan fingerprint density at radius 2 is 2.00 bits per heavy atom. The predicted octanol–water partition coefficient (Wildman–Crippen LogP) is 5.09. The highest BCUT2D eigenvalue weighted by atomic mass is 35.5. The molecule has 0 aliphatic carbocycles. The monoisotopic (exact) mass is 437 g/mol. The smallest absolute Gasteiger partial charge is 0.305 e. The van der Waals surface area contributed by atoms with E-state index >= 15 is 0 Å². The van der Waals surface area contributed by atoms with Gasteiger partial charge in [0.05, 0.1) is 14.9 Å². The fraction of sp³-hybridized carbons (Fsp3) is 0.111. The number of hydrogen-bond acceptors (Lipinski definition) is 5. The van der Waals surface area contributed by atoms with Crippen molar-refractivity contribution in [1.29, 1.82) is 0 Å². The van der Waals surface area contributed by atoms with Crippen LogP contribution >= 0.6 is 22.9 Å². The molecule has 0 atom stereocenters. The summed E-state index contributed by atoms with van der Waals surface area (Å²) in [6.07, 6.45) is -3.19. The first-order valence-electron chi connectivity index (χ1n) is 8.18. The number of carbonyl (C=O) groups excluding carboxylic acids is 1. The zero-order chi connectivity index (χ0) is 20.8. The summed E-state index contributed by atoms with van der Waals surface area (Å²) in [5.74, 6) is -0.424. The van der Waals surface area contributed by atoms with E-state index in [1.54, 1.807) is 24.3 Å². The number of carbonyl (C=O) groups is 1. The summed E-state index contributed by atoms with van der Waals surface area (Å²) in [6.45, 7) is 1.82. The number of aromatic nitrogens is 4. The molecule has 0 aromatic carbocycles. The molecular formula is C18H11ClF3N5OS. The van der Waals surface area contributed by atoms with Crippen LogP contribution in [0.2, 0.25) is 4.34 Å². The minimum atomic E-state index is -4.70. The highest BCUT2D eigenvalue weighted by Gasteiger charge is 2.35. The van der Waals surface area contributed by atoms with Crippen LogP contribution in [0, 0.1) is 6.92 Å². The zero-order valence-corrected chi connectivity index (χ0v) is 16.2. The Morgan fingerprint density at radius 3 is 2.66 bits per heavy atom. The van der Waals surface area contributed by atoms with Gasteiger partial charge in [0, 0.05) is 12.3 Å². The van der Waals surface area contributed by atoms with Crippen molar-refractivity contribution in [1.82, 2.24) is 19.6 Å². The summed E-state index contributed by atoms with van der Waals surface area (Å²) in [4.78, 5) is 21.1. The van der Waals surface area contributed by atoms with Gasteiger partial charge < -0.3 is 5.32 Å². The van der Waals surface area contributed by atoms with E-state index in [1.165, 1.54) is 12.3 Å². The number of hydrogen-bond donors (Lipinski definition) is 1. The molecule has 1 N–H and O–H groups in total. The number of pyridine rings is 1. The van der Waals surface area contributed by atoms with Crippen LogP contribution in [0.3, 0.4) is 0 Å². The van der Waals surface area contributed by atoms with Crippen molar-refractivity contribution in [3.8, 4) is 10.6 Å². The maximum Gasteiger partial charge on any atom is 0.433 e. The molecule has 4 aromatic heterocycles. The van der Waals surface area contributed by atoms with Crippen molar-refractivity contribution in [2.45, 2.75) is 13.1 Å². The van der Waals surface area contributed by atoms with Gasteiger partial charge in [-0.15, -0.1) is 11.3 Å². The molecule has 29 heavy (non-hydrogen) atoms. The van der Waals surface area contributed by atoms with Crippen LogP contribution < -0.4 is 5.32 Å². The third kappa shape index (κ3) is 3.94. The quantitative estimate of drug-likeness (QED) is 0.485. The Hall–Kier alpha value is -2.98. The summed E-state index contributed by atoms with van der Waals surface area (Å²) in [5.41, 5.74) is -0.413. The SMILES string of the molecule is Cc1ccnc(NC(=O)c2cc3nc(-c4ccc(Cl)s4)cc(C(F)(F)F)n3n2)c1. The van der Waals surface area contributed by atoms with Gasteiger partial charge in [-0.25, -0.2) is 14.5 Å².